The minimum absolute atomic E-state index is 1.04. The van der Waals surface area contributed by atoms with E-state index in [4.69, 9.17) is 0 Å². The Bertz CT molecular complexity index is 833. The van der Waals surface area contributed by atoms with Gasteiger partial charge in [-0.05, 0) is 128 Å². The Balaban J connectivity index is 2.00. The SMILES string of the molecule is Cc1cc2c(cc1C)Cc1cc(C)c(C)cc1Cc1cc(C)c(C)cc1C2. The van der Waals surface area contributed by atoms with Crippen molar-refractivity contribution < 1.29 is 0 Å². The number of benzene rings is 3. The molecule has 0 bridgehead atoms. The van der Waals surface area contributed by atoms with E-state index in [0.717, 1.165) is 19.3 Å². The lowest BCUT2D eigenvalue weighted by molar-refractivity contribution is 1.07. The molecule has 0 unspecified atom stereocenters. The van der Waals surface area contributed by atoms with E-state index >= 15 is 0 Å². The van der Waals surface area contributed by atoms with Gasteiger partial charge >= 0.3 is 0 Å². The van der Waals surface area contributed by atoms with Crippen molar-refractivity contribution in [1.29, 1.82) is 0 Å². The summed E-state index contributed by atoms with van der Waals surface area (Å²) in [5, 5.41) is 0. The smallest absolute Gasteiger partial charge is 0.00199 e. The summed E-state index contributed by atoms with van der Waals surface area (Å²) >= 11 is 0. The summed E-state index contributed by atoms with van der Waals surface area (Å²) in [6, 6.07) is 14.6. The molecule has 0 amide bonds. The second kappa shape index (κ2) is 6.68. The standard InChI is InChI=1S/C27H30/c1-16-7-22-13-24-9-18(3)20(5)11-26(24)15-27-12-21(6)19(4)10-25(27)14-23(22)8-17(16)2/h7-12H,13-15H2,1-6H3. The molecule has 0 spiro atoms. The molecule has 1 aliphatic carbocycles. The molecule has 0 heterocycles. The second-order valence-corrected chi connectivity index (χ2v) is 8.65. The van der Waals surface area contributed by atoms with Crippen LogP contribution in [0.2, 0.25) is 0 Å². The van der Waals surface area contributed by atoms with Crippen molar-refractivity contribution in [1.82, 2.24) is 0 Å². The summed E-state index contributed by atoms with van der Waals surface area (Å²) in [7, 11) is 0. The van der Waals surface area contributed by atoms with Gasteiger partial charge in [-0.25, -0.2) is 0 Å². The van der Waals surface area contributed by atoms with Crippen molar-refractivity contribution in [3.8, 4) is 0 Å². The quantitative estimate of drug-likeness (QED) is 0.333. The highest BCUT2D eigenvalue weighted by molar-refractivity contribution is 5.51. The third-order valence-corrected chi connectivity index (χ3v) is 6.59. The van der Waals surface area contributed by atoms with E-state index in [1.54, 1.807) is 0 Å². The zero-order valence-electron chi connectivity index (χ0n) is 17.6. The Morgan fingerprint density at radius 3 is 0.630 bits per heavy atom. The fourth-order valence-corrected chi connectivity index (χ4v) is 4.41. The minimum atomic E-state index is 1.04. The van der Waals surface area contributed by atoms with Crippen LogP contribution in [0.15, 0.2) is 36.4 Å². The highest BCUT2D eigenvalue weighted by Crippen LogP contribution is 2.31. The van der Waals surface area contributed by atoms with Gasteiger partial charge in [0.25, 0.3) is 0 Å². The number of rotatable bonds is 0. The zero-order valence-corrected chi connectivity index (χ0v) is 17.6. The van der Waals surface area contributed by atoms with Crippen LogP contribution in [0.5, 0.6) is 0 Å². The number of aryl methyl sites for hydroxylation is 6. The summed E-state index contributed by atoms with van der Waals surface area (Å²) in [5.74, 6) is 0. The van der Waals surface area contributed by atoms with Crippen LogP contribution in [0.3, 0.4) is 0 Å². The molecule has 0 fully saturated rings. The largest absolute Gasteiger partial charge is 0.0552 e. The van der Waals surface area contributed by atoms with E-state index in [-0.39, 0.29) is 0 Å². The molecule has 0 aliphatic heterocycles. The van der Waals surface area contributed by atoms with Crippen LogP contribution in [0.1, 0.15) is 66.8 Å². The Labute approximate surface area is 164 Å². The van der Waals surface area contributed by atoms with E-state index in [1.807, 2.05) is 0 Å². The molecule has 0 aromatic heterocycles. The van der Waals surface area contributed by atoms with Crippen LogP contribution in [-0.4, -0.2) is 0 Å². The topological polar surface area (TPSA) is 0 Å². The van der Waals surface area contributed by atoms with Gasteiger partial charge in [0.15, 0.2) is 0 Å². The van der Waals surface area contributed by atoms with Gasteiger partial charge in [-0.1, -0.05) is 36.4 Å². The molecule has 4 rings (SSSR count). The minimum Gasteiger partial charge on any atom is -0.0552 e. The molecule has 138 valence electrons. The first-order valence-electron chi connectivity index (χ1n) is 10.1. The number of fused-ring (bicyclic) bond motifs is 3. The molecule has 27 heavy (non-hydrogen) atoms. The monoisotopic (exact) mass is 354 g/mol. The third kappa shape index (κ3) is 3.34. The maximum Gasteiger partial charge on any atom is -0.00199 e. The van der Waals surface area contributed by atoms with Crippen LogP contribution in [0, 0.1) is 41.5 Å². The number of hydrogen-bond donors (Lipinski definition) is 0. The van der Waals surface area contributed by atoms with Crippen LogP contribution in [-0.2, 0) is 19.3 Å². The third-order valence-electron chi connectivity index (χ3n) is 6.59. The van der Waals surface area contributed by atoms with E-state index in [2.05, 4.69) is 77.9 Å². The van der Waals surface area contributed by atoms with Gasteiger partial charge in [0, 0.05) is 0 Å². The first-order valence-corrected chi connectivity index (χ1v) is 10.1. The first-order chi connectivity index (χ1) is 12.8. The average molecular weight is 355 g/mol. The zero-order chi connectivity index (χ0) is 19.3. The molecule has 0 N–H and O–H groups in total. The summed E-state index contributed by atoms with van der Waals surface area (Å²) in [4.78, 5) is 0. The first kappa shape index (κ1) is 18.0. The average Bonchev–Trinajstić information content (AvgIpc) is 2.65. The fourth-order valence-electron chi connectivity index (χ4n) is 4.41. The van der Waals surface area contributed by atoms with E-state index in [0.29, 0.717) is 0 Å². The van der Waals surface area contributed by atoms with Crippen LogP contribution >= 0.6 is 0 Å². The Morgan fingerprint density at radius 1 is 0.333 bits per heavy atom. The van der Waals surface area contributed by atoms with Crippen molar-refractivity contribution >= 4 is 0 Å². The summed E-state index contributed by atoms with van der Waals surface area (Å²) in [6.45, 7) is 13.4. The Kier molecular flexibility index (Phi) is 4.46. The van der Waals surface area contributed by atoms with Gasteiger partial charge in [0.1, 0.15) is 0 Å². The lowest BCUT2D eigenvalue weighted by Crippen LogP contribution is -2.01. The van der Waals surface area contributed by atoms with Gasteiger partial charge in [-0.3, -0.25) is 0 Å². The molecular formula is C27H30. The molecule has 0 heteroatoms. The maximum absolute atomic E-state index is 2.43. The molecule has 1 aliphatic rings. The highest BCUT2D eigenvalue weighted by atomic mass is 14.2. The normalized spacial score (nSPS) is 13.1. The van der Waals surface area contributed by atoms with Gasteiger partial charge in [-0.2, -0.15) is 0 Å². The van der Waals surface area contributed by atoms with Crippen molar-refractivity contribution in [2.75, 3.05) is 0 Å². The predicted octanol–water partition coefficient (Wildman–Crippen LogP) is 6.62. The van der Waals surface area contributed by atoms with E-state index < -0.39 is 0 Å². The number of hydrogen-bond acceptors (Lipinski definition) is 0. The predicted molar refractivity (Wildman–Crippen MR) is 116 cm³/mol. The molecule has 0 atom stereocenters. The van der Waals surface area contributed by atoms with E-state index in [9.17, 15) is 0 Å². The maximum atomic E-state index is 2.43. The lowest BCUT2D eigenvalue weighted by Gasteiger charge is -2.15. The molecule has 0 saturated carbocycles. The van der Waals surface area contributed by atoms with E-state index in [1.165, 1.54) is 66.8 Å². The van der Waals surface area contributed by atoms with Gasteiger partial charge < -0.3 is 0 Å². The molecule has 0 saturated heterocycles. The Hall–Kier alpha value is -2.34. The molecular weight excluding hydrogens is 324 g/mol. The molecule has 0 nitrogen and oxygen atoms in total. The van der Waals surface area contributed by atoms with Crippen LogP contribution in [0.4, 0.5) is 0 Å². The Morgan fingerprint density at radius 2 is 0.481 bits per heavy atom. The summed E-state index contributed by atoms with van der Waals surface area (Å²) < 4.78 is 0. The van der Waals surface area contributed by atoms with Crippen molar-refractivity contribution in [3.63, 3.8) is 0 Å². The van der Waals surface area contributed by atoms with Gasteiger partial charge in [-0.15, -0.1) is 0 Å². The van der Waals surface area contributed by atoms with Crippen LogP contribution in [0.25, 0.3) is 0 Å². The lowest BCUT2D eigenvalue weighted by atomic mass is 9.90. The van der Waals surface area contributed by atoms with Gasteiger partial charge in [0.2, 0.25) is 0 Å². The van der Waals surface area contributed by atoms with Gasteiger partial charge in [0.05, 0.1) is 0 Å². The van der Waals surface area contributed by atoms with Crippen molar-refractivity contribution in [2.45, 2.75) is 60.8 Å². The fraction of sp³-hybridized carbons (Fsp3) is 0.333. The summed E-state index contributed by atoms with van der Waals surface area (Å²) in [6.07, 6.45) is 3.12. The van der Waals surface area contributed by atoms with Crippen LogP contribution < -0.4 is 0 Å². The highest BCUT2D eigenvalue weighted by Gasteiger charge is 2.17. The molecule has 0 radical (unpaired) electrons. The summed E-state index contributed by atoms with van der Waals surface area (Å²) in [5.41, 5.74) is 17.4. The molecule has 3 aromatic rings. The second-order valence-electron chi connectivity index (χ2n) is 8.65. The van der Waals surface area contributed by atoms with Crippen molar-refractivity contribution in [2.24, 2.45) is 0 Å². The molecule has 3 aromatic carbocycles. The van der Waals surface area contributed by atoms with Crippen molar-refractivity contribution in [3.05, 3.63) is 103 Å².